The van der Waals surface area contributed by atoms with Crippen molar-refractivity contribution < 1.29 is 9.53 Å². The van der Waals surface area contributed by atoms with Crippen LogP contribution in [0.5, 0.6) is 0 Å². The zero-order chi connectivity index (χ0) is 16.2. The molecule has 1 aliphatic rings. The first-order chi connectivity index (χ1) is 10.4. The maximum atomic E-state index is 12.1. The molecule has 1 aliphatic heterocycles. The second-order valence-corrected chi connectivity index (χ2v) is 7.32. The molecule has 0 unspecified atom stereocenters. The third-order valence-corrected chi connectivity index (χ3v) is 5.20. The molecule has 22 heavy (non-hydrogen) atoms. The molecule has 0 radical (unpaired) electrons. The largest absolute Gasteiger partial charge is 0.379 e. The normalized spacial score (nSPS) is 16.5. The van der Waals surface area contributed by atoms with Crippen LogP contribution >= 0.6 is 11.3 Å². The van der Waals surface area contributed by atoms with Crippen LogP contribution in [0.1, 0.15) is 29.4 Å². The van der Waals surface area contributed by atoms with Crippen molar-refractivity contribution in [3.05, 3.63) is 15.6 Å². The van der Waals surface area contributed by atoms with E-state index in [1.54, 1.807) is 11.3 Å². The summed E-state index contributed by atoms with van der Waals surface area (Å²) in [6.45, 7) is 12.9. The first-order valence-electron chi connectivity index (χ1n) is 7.69. The molecule has 7 heteroatoms. The van der Waals surface area contributed by atoms with Gasteiger partial charge in [-0.3, -0.25) is 4.90 Å². The minimum Gasteiger partial charge on any atom is -0.379 e. The van der Waals surface area contributed by atoms with Gasteiger partial charge in [0, 0.05) is 31.1 Å². The smallest absolute Gasteiger partial charge is 0.315 e. The van der Waals surface area contributed by atoms with Crippen LogP contribution in [0.15, 0.2) is 0 Å². The molecule has 124 valence electrons. The number of urea groups is 1. The molecule has 0 aliphatic carbocycles. The Bertz CT molecular complexity index is 490. The van der Waals surface area contributed by atoms with Crippen LogP contribution in [-0.4, -0.2) is 55.3 Å². The van der Waals surface area contributed by atoms with Crippen molar-refractivity contribution in [2.75, 3.05) is 39.4 Å². The molecule has 1 aromatic rings. The van der Waals surface area contributed by atoms with E-state index in [4.69, 9.17) is 4.74 Å². The quantitative estimate of drug-likeness (QED) is 0.863. The highest BCUT2D eigenvalue weighted by Gasteiger charge is 2.26. The predicted molar refractivity (Wildman–Crippen MR) is 88.4 cm³/mol. The first-order valence-corrected chi connectivity index (χ1v) is 8.51. The highest BCUT2D eigenvalue weighted by Crippen LogP contribution is 2.26. The number of hydrogen-bond donors (Lipinski definition) is 2. The predicted octanol–water partition coefficient (Wildman–Crippen LogP) is 1.63. The fourth-order valence-electron chi connectivity index (χ4n) is 2.27. The van der Waals surface area contributed by atoms with Crippen molar-refractivity contribution in [2.45, 2.75) is 33.2 Å². The van der Waals surface area contributed by atoms with E-state index in [2.05, 4.69) is 27.4 Å². The average molecular weight is 326 g/mol. The Balaban J connectivity index is 1.77. The van der Waals surface area contributed by atoms with Gasteiger partial charge in [-0.2, -0.15) is 0 Å². The standard InChI is InChI=1S/C15H26N4O2S/c1-11-12(2)22-13(17-11)15(3,4)18-14(20)16-5-6-19-7-9-21-10-8-19/h5-10H2,1-4H3,(H2,16,18,20). The van der Waals surface area contributed by atoms with Crippen molar-refractivity contribution in [3.63, 3.8) is 0 Å². The Morgan fingerprint density at radius 3 is 2.64 bits per heavy atom. The zero-order valence-electron chi connectivity index (χ0n) is 13.9. The SMILES string of the molecule is Cc1nc(C(C)(C)NC(=O)NCCN2CCOCC2)sc1C. The van der Waals surface area contributed by atoms with Crippen LogP contribution in [0.25, 0.3) is 0 Å². The van der Waals surface area contributed by atoms with Crippen molar-refractivity contribution in [3.8, 4) is 0 Å². The van der Waals surface area contributed by atoms with Gasteiger partial charge in [0.05, 0.1) is 24.4 Å². The number of hydrogen-bond acceptors (Lipinski definition) is 5. The van der Waals surface area contributed by atoms with Gasteiger partial charge in [0.15, 0.2) is 0 Å². The van der Waals surface area contributed by atoms with Gasteiger partial charge in [-0.1, -0.05) is 0 Å². The third kappa shape index (κ3) is 4.66. The minimum absolute atomic E-state index is 0.149. The van der Waals surface area contributed by atoms with Crippen molar-refractivity contribution >= 4 is 17.4 Å². The van der Waals surface area contributed by atoms with Crippen molar-refractivity contribution in [1.29, 1.82) is 0 Å². The van der Waals surface area contributed by atoms with E-state index in [0.717, 1.165) is 43.5 Å². The summed E-state index contributed by atoms with van der Waals surface area (Å²) in [5.41, 5.74) is 0.565. The summed E-state index contributed by atoms with van der Waals surface area (Å²) in [7, 11) is 0. The van der Waals surface area contributed by atoms with E-state index in [-0.39, 0.29) is 6.03 Å². The molecule has 0 saturated carbocycles. The summed E-state index contributed by atoms with van der Waals surface area (Å²) in [5.74, 6) is 0. The average Bonchev–Trinajstić information content (AvgIpc) is 2.80. The molecular weight excluding hydrogens is 300 g/mol. The molecule has 1 aromatic heterocycles. The Labute approximate surface area is 136 Å². The Morgan fingerprint density at radius 1 is 1.36 bits per heavy atom. The van der Waals surface area contributed by atoms with E-state index in [0.29, 0.717) is 6.54 Å². The Kier molecular flexibility index (Phi) is 5.77. The van der Waals surface area contributed by atoms with E-state index in [9.17, 15) is 4.79 Å². The van der Waals surface area contributed by atoms with E-state index < -0.39 is 5.54 Å². The molecular formula is C15H26N4O2S. The molecule has 2 N–H and O–H groups in total. The monoisotopic (exact) mass is 326 g/mol. The van der Waals surface area contributed by atoms with Crippen LogP contribution in [0, 0.1) is 13.8 Å². The second kappa shape index (κ2) is 7.39. The van der Waals surface area contributed by atoms with Crippen LogP contribution in [0.4, 0.5) is 4.79 Å². The van der Waals surface area contributed by atoms with Gasteiger partial charge in [0.25, 0.3) is 0 Å². The number of aryl methyl sites for hydroxylation is 2. The third-order valence-electron chi connectivity index (χ3n) is 3.81. The maximum Gasteiger partial charge on any atom is 0.315 e. The summed E-state index contributed by atoms with van der Waals surface area (Å²) >= 11 is 1.63. The van der Waals surface area contributed by atoms with E-state index >= 15 is 0 Å². The molecule has 0 aromatic carbocycles. The lowest BCUT2D eigenvalue weighted by molar-refractivity contribution is 0.0387. The number of morpholine rings is 1. The number of nitrogens with zero attached hydrogens (tertiary/aromatic N) is 2. The first kappa shape index (κ1) is 17.2. The summed E-state index contributed by atoms with van der Waals surface area (Å²) in [5, 5.41) is 6.86. The fraction of sp³-hybridized carbons (Fsp3) is 0.733. The number of carbonyl (C=O) groups excluding carboxylic acids is 1. The number of carbonyl (C=O) groups is 1. The molecule has 0 bridgehead atoms. The lowest BCUT2D eigenvalue weighted by atomic mass is 10.1. The maximum absolute atomic E-state index is 12.1. The van der Waals surface area contributed by atoms with Crippen LogP contribution in [0.2, 0.25) is 0 Å². The summed E-state index contributed by atoms with van der Waals surface area (Å²) in [4.78, 5) is 20.1. The van der Waals surface area contributed by atoms with Crippen molar-refractivity contribution in [2.24, 2.45) is 0 Å². The van der Waals surface area contributed by atoms with E-state index in [1.165, 1.54) is 4.88 Å². The lowest BCUT2D eigenvalue weighted by Gasteiger charge is -2.27. The Morgan fingerprint density at radius 2 is 2.05 bits per heavy atom. The Hall–Kier alpha value is -1.18. The highest BCUT2D eigenvalue weighted by atomic mass is 32.1. The second-order valence-electron chi connectivity index (χ2n) is 6.12. The van der Waals surface area contributed by atoms with Gasteiger partial charge >= 0.3 is 6.03 Å². The van der Waals surface area contributed by atoms with Gasteiger partial charge in [0.2, 0.25) is 0 Å². The number of aromatic nitrogens is 1. The topological polar surface area (TPSA) is 66.5 Å². The fourth-order valence-corrected chi connectivity index (χ4v) is 3.25. The number of rotatable bonds is 5. The number of amides is 2. The van der Waals surface area contributed by atoms with Gasteiger partial charge < -0.3 is 15.4 Å². The minimum atomic E-state index is -0.466. The van der Waals surface area contributed by atoms with Gasteiger partial charge in [-0.15, -0.1) is 11.3 Å². The van der Waals surface area contributed by atoms with Crippen LogP contribution < -0.4 is 10.6 Å². The number of nitrogens with one attached hydrogen (secondary N) is 2. The van der Waals surface area contributed by atoms with Crippen molar-refractivity contribution in [1.82, 2.24) is 20.5 Å². The van der Waals surface area contributed by atoms with Crippen LogP contribution in [-0.2, 0) is 10.3 Å². The van der Waals surface area contributed by atoms with Gasteiger partial charge in [-0.25, -0.2) is 9.78 Å². The summed E-state index contributed by atoms with van der Waals surface area (Å²) in [6, 6.07) is -0.149. The molecule has 2 heterocycles. The molecule has 6 nitrogen and oxygen atoms in total. The molecule has 1 fully saturated rings. The molecule has 2 rings (SSSR count). The molecule has 2 amide bonds. The lowest BCUT2D eigenvalue weighted by Crippen LogP contribution is -2.48. The summed E-state index contributed by atoms with van der Waals surface area (Å²) in [6.07, 6.45) is 0. The van der Waals surface area contributed by atoms with E-state index in [1.807, 2.05) is 20.8 Å². The summed E-state index contributed by atoms with van der Waals surface area (Å²) < 4.78 is 5.31. The number of thiazole rings is 1. The molecule has 0 spiro atoms. The molecule has 1 saturated heterocycles. The highest BCUT2D eigenvalue weighted by molar-refractivity contribution is 7.11. The van der Waals surface area contributed by atoms with Gasteiger partial charge in [-0.05, 0) is 27.7 Å². The number of ether oxygens (including phenoxy) is 1. The van der Waals surface area contributed by atoms with Crippen LogP contribution in [0.3, 0.4) is 0 Å². The zero-order valence-corrected chi connectivity index (χ0v) is 14.7. The molecule has 0 atom stereocenters. The van der Waals surface area contributed by atoms with Gasteiger partial charge in [0.1, 0.15) is 5.01 Å².